The van der Waals surface area contributed by atoms with Gasteiger partial charge in [-0.2, -0.15) is 0 Å². The van der Waals surface area contributed by atoms with Gasteiger partial charge in [0.25, 0.3) is 0 Å². The molecule has 0 amide bonds. The maximum Gasteiger partial charge on any atom is 0.0933 e. The van der Waals surface area contributed by atoms with Crippen LogP contribution in [0.25, 0.3) is 10.9 Å². The lowest BCUT2D eigenvalue weighted by molar-refractivity contribution is 0.686. The Balaban J connectivity index is 1.90. The first kappa shape index (κ1) is 15.7. The van der Waals surface area contributed by atoms with Gasteiger partial charge in [0.2, 0.25) is 0 Å². The molecular weight excluding hydrogens is 304 g/mol. The summed E-state index contributed by atoms with van der Waals surface area (Å²) in [4.78, 5) is 5.35. The zero-order valence-corrected chi connectivity index (χ0v) is 14.4. The summed E-state index contributed by atoms with van der Waals surface area (Å²) in [6.45, 7) is 4.21. The fourth-order valence-corrected chi connectivity index (χ4v) is 3.24. The second-order valence-corrected chi connectivity index (χ2v) is 7.16. The topological polar surface area (TPSA) is 42.0 Å². The standard InChI is InChI=1S/C19H20N2OS/c1-13-11-16-5-4-10-20-19(16)18(12-13)21-14(2)15-6-8-17(9-7-15)23(3)22/h4-12,14,21H,1-3H3. The molecule has 0 aliphatic rings. The van der Waals surface area contributed by atoms with Crippen molar-refractivity contribution in [3.63, 3.8) is 0 Å². The maximum absolute atomic E-state index is 11.5. The van der Waals surface area contributed by atoms with Crippen molar-refractivity contribution in [2.45, 2.75) is 24.8 Å². The second kappa shape index (κ2) is 6.50. The predicted octanol–water partition coefficient (Wildman–Crippen LogP) is 4.45. The van der Waals surface area contributed by atoms with Gasteiger partial charge in [-0.15, -0.1) is 0 Å². The Morgan fingerprint density at radius 3 is 2.57 bits per heavy atom. The minimum absolute atomic E-state index is 0.140. The Morgan fingerprint density at radius 1 is 1.13 bits per heavy atom. The van der Waals surface area contributed by atoms with Crippen LogP contribution in [0.3, 0.4) is 0 Å². The third-order valence-corrected chi connectivity index (χ3v) is 4.87. The van der Waals surface area contributed by atoms with E-state index >= 15 is 0 Å². The van der Waals surface area contributed by atoms with Crippen molar-refractivity contribution in [1.29, 1.82) is 0 Å². The highest BCUT2D eigenvalue weighted by molar-refractivity contribution is 7.84. The molecule has 0 radical (unpaired) electrons. The van der Waals surface area contributed by atoms with Crippen molar-refractivity contribution in [3.8, 4) is 0 Å². The molecule has 0 saturated carbocycles. The second-order valence-electron chi connectivity index (χ2n) is 5.78. The molecule has 2 unspecified atom stereocenters. The van der Waals surface area contributed by atoms with Gasteiger partial charge in [0, 0.05) is 39.6 Å². The van der Waals surface area contributed by atoms with E-state index < -0.39 is 10.8 Å². The summed E-state index contributed by atoms with van der Waals surface area (Å²) < 4.78 is 11.5. The number of hydrogen-bond donors (Lipinski definition) is 1. The zero-order chi connectivity index (χ0) is 16.4. The van der Waals surface area contributed by atoms with Crippen LogP contribution in [0.1, 0.15) is 24.1 Å². The van der Waals surface area contributed by atoms with Crippen LogP contribution in [0.4, 0.5) is 5.69 Å². The Hall–Kier alpha value is -2.20. The molecule has 1 heterocycles. The monoisotopic (exact) mass is 324 g/mol. The first-order chi connectivity index (χ1) is 11.0. The lowest BCUT2D eigenvalue weighted by Gasteiger charge is -2.18. The first-order valence-electron chi connectivity index (χ1n) is 7.60. The summed E-state index contributed by atoms with van der Waals surface area (Å²) >= 11 is 0. The van der Waals surface area contributed by atoms with Gasteiger partial charge in [-0.1, -0.05) is 18.2 Å². The van der Waals surface area contributed by atoms with Crippen molar-refractivity contribution >= 4 is 27.4 Å². The molecule has 1 aromatic heterocycles. The molecule has 2 atom stereocenters. The molecule has 3 nitrogen and oxygen atoms in total. The number of benzene rings is 2. The SMILES string of the molecule is Cc1cc(NC(C)c2ccc(S(C)=O)cc2)c2ncccc2c1. The number of hydrogen-bond acceptors (Lipinski definition) is 3. The predicted molar refractivity (Wildman–Crippen MR) is 97.3 cm³/mol. The fraction of sp³-hybridized carbons (Fsp3) is 0.211. The van der Waals surface area contributed by atoms with Crippen molar-refractivity contribution in [2.75, 3.05) is 11.6 Å². The van der Waals surface area contributed by atoms with Crippen molar-refractivity contribution in [3.05, 3.63) is 65.9 Å². The number of aryl methyl sites for hydroxylation is 1. The summed E-state index contributed by atoms with van der Waals surface area (Å²) in [5, 5.41) is 4.69. The van der Waals surface area contributed by atoms with E-state index in [0.717, 1.165) is 27.0 Å². The van der Waals surface area contributed by atoms with E-state index in [9.17, 15) is 4.21 Å². The van der Waals surface area contributed by atoms with E-state index in [2.05, 4.69) is 42.3 Å². The van der Waals surface area contributed by atoms with Gasteiger partial charge in [-0.25, -0.2) is 0 Å². The molecule has 1 N–H and O–H groups in total. The van der Waals surface area contributed by atoms with Crippen LogP contribution >= 0.6 is 0 Å². The Morgan fingerprint density at radius 2 is 1.87 bits per heavy atom. The lowest BCUT2D eigenvalue weighted by Crippen LogP contribution is -2.07. The molecule has 118 valence electrons. The molecule has 0 fully saturated rings. The third kappa shape index (κ3) is 3.42. The molecule has 4 heteroatoms. The van der Waals surface area contributed by atoms with E-state index in [0.29, 0.717) is 0 Å². The summed E-state index contributed by atoms with van der Waals surface area (Å²) in [6.07, 6.45) is 3.51. The van der Waals surface area contributed by atoms with Crippen LogP contribution in [0, 0.1) is 6.92 Å². The average molecular weight is 324 g/mol. The van der Waals surface area contributed by atoms with Crippen molar-refractivity contribution in [1.82, 2.24) is 4.98 Å². The minimum atomic E-state index is -0.940. The molecule has 0 aliphatic heterocycles. The van der Waals surface area contributed by atoms with E-state index in [1.807, 2.05) is 36.5 Å². The quantitative estimate of drug-likeness (QED) is 0.771. The van der Waals surface area contributed by atoms with E-state index in [1.54, 1.807) is 6.26 Å². The van der Waals surface area contributed by atoms with Gasteiger partial charge >= 0.3 is 0 Å². The molecule has 23 heavy (non-hydrogen) atoms. The van der Waals surface area contributed by atoms with E-state index in [-0.39, 0.29) is 6.04 Å². The van der Waals surface area contributed by atoms with Crippen molar-refractivity contribution < 1.29 is 4.21 Å². The van der Waals surface area contributed by atoms with E-state index in [4.69, 9.17) is 0 Å². The Kier molecular flexibility index (Phi) is 4.44. The van der Waals surface area contributed by atoms with Crippen LogP contribution in [-0.4, -0.2) is 15.4 Å². The largest absolute Gasteiger partial charge is 0.377 e. The maximum atomic E-state index is 11.5. The number of anilines is 1. The van der Waals surface area contributed by atoms with Gasteiger partial charge in [0.15, 0.2) is 0 Å². The van der Waals surface area contributed by atoms with Crippen LogP contribution in [0.2, 0.25) is 0 Å². The smallest absolute Gasteiger partial charge is 0.0933 e. The van der Waals surface area contributed by atoms with Crippen LogP contribution < -0.4 is 5.32 Å². The summed E-state index contributed by atoms with van der Waals surface area (Å²) in [7, 11) is -0.940. The summed E-state index contributed by atoms with van der Waals surface area (Å²) in [5.41, 5.74) is 4.38. The van der Waals surface area contributed by atoms with Crippen molar-refractivity contribution in [2.24, 2.45) is 0 Å². The normalized spacial score (nSPS) is 13.7. The number of pyridine rings is 1. The highest BCUT2D eigenvalue weighted by Gasteiger charge is 2.10. The number of fused-ring (bicyclic) bond motifs is 1. The number of aromatic nitrogens is 1. The minimum Gasteiger partial charge on any atom is -0.377 e. The lowest BCUT2D eigenvalue weighted by atomic mass is 10.1. The molecule has 0 aliphatic carbocycles. The molecular formula is C19H20N2OS. The highest BCUT2D eigenvalue weighted by Crippen LogP contribution is 2.27. The van der Waals surface area contributed by atoms with E-state index in [1.165, 1.54) is 5.56 Å². The molecule has 0 saturated heterocycles. The fourth-order valence-electron chi connectivity index (χ4n) is 2.72. The van der Waals surface area contributed by atoms with Gasteiger partial charge in [-0.05, 0) is 55.3 Å². The van der Waals surface area contributed by atoms with Gasteiger partial charge < -0.3 is 5.32 Å². The van der Waals surface area contributed by atoms with Gasteiger partial charge in [0.1, 0.15) is 0 Å². The average Bonchev–Trinajstić information content (AvgIpc) is 2.54. The Bertz CT molecular complexity index is 859. The number of nitrogens with one attached hydrogen (secondary N) is 1. The number of rotatable bonds is 4. The Labute approximate surface area is 139 Å². The van der Waals surface area contributed by atoms with Gasteiger partial charge in [0.05, 0.1) is 11.2 Å². The molecule has 3 rings (SSSR count). The van der Waals surface area contributed by atoms with Crippen LogP contribution in [0.5, 0.6) is 0 Å². The summed E-state index contributed by atoms with van der Waals surface area (Å²) in [6, 6.07) is 16.4. The first-order valence-corrected chi connectivity index (χ1v) is 9.16. The highest BCUT2D eigenvalue weighted by atomic mass is 32.2. The third-order valence-electron chi connectivity index (χ3n) is 3.93. The molecule has 0 bridgehead atoms. The number of nitrogens with zero attached hydrogens (tertiary/aromatic N) is 1. The molecule has 0 spiro atoms. The van der Waals surface area contributed by atoms with Crippen LogP contribution in [0.15, 0.2) is 59.6 Å². The summed E-state index contributed by atoms with van der Waals surface area (Å²) in [5.74, 6) is 0. The zero-order valence-electron chi connectivity index (χ0n) is 13.5. The van der Waals surface area contributed by atoms with Crippen LogP contribution in [-0.2, 0) is 10.8 Å². The van der Waals surface area contributed by atoms with Gasteiger partial charge in [-0.3, -0.25) is 9.19 Å². The molecule has 2 aromatic carbocycles. The molecule has 3 aromatic rings.